The molecule has 1 aliphatic carbocycles. The highest BCUT2D eigenvalue weighted by Crippen LogP contribution is 2.34. The van der Waals surface area contributed by atoms with Crippen LogP contribution in [0.1, 0.15) is 49.4 Å². The Morgan fingerprint density at radius 2 is 1.90 bits per heavy atom. The van der Waals surface area contributed by atoms with Crippen LogP contribution in [0.5, 0.6) is 5.75 Å². The Morgan fingerprint density at radius 1 is 1.24 bits per heavy atom. The Bertz CT molecular complexity index is 972. The number of hydrazine groups is 1. The monoisotopic (exact) mass is 400 g/mol. The van der Waals surface area contributed by atoms with Gasteiger partial charge in [0.15, 0.2) is 5.75 Å². The predicted molar refractivity (Wildman–Crippen MR) is 113 cm³/mol. The van der Waals surface area contributed by atoms with E-state index in [1.54, 1.807) is 20.2 Å². The van der Waals surface area contributed by atoms with Crippen molar-refractivity contribution in [2.45, 2.75) is 45.1 Å². The fourth-order valence-electron chi connectivity index (χ4n) is 4.00. The molecule has 8 heteroatoms. The molecule has 156 valence electrons. The molecule has 0 radical (unpaired) electrons. The number of para-hydroxylation sites is 1. The van der Waals surface area contributed by atoms with Crippen LogP contribution in [0.3, 0.4) is 0 Å². The maximum Gasteiger partial charge on any atom is 0.257 e. The normalized spacial score (nSPS) is 15.4. The molecule has 0 spiro atoms. The first-order valence-electron chi connectivity index (χ1n) is 9.90. The van der Waals surface area contributed by atoms with Gasteiger partial charge in [-0.3, -0.25) is 14.4 Å². The number of phenolic OH excluding ortho intramolecular Hbond substituents is 1. The molecular formula is C21H28N4O4. The highest BCUT2D eigenvalue weighted by molar-refractivity contribution is 5.99. The summed E-state index contributed by atoms with van der Waals surface area (Å²) in [6, 6.07) is 4.51. The third kappa shape index (κ3) is 3.98. The molecule has 0 aromatic heterocycles. The van der Waals surface area contributed by atoms with Crippen molar-refractivity contribution in [2.75, 3.05) is 24.4 Å². The van der Waals surface area contributed by atoms with Gasteiger partial charge in [-0.25, -0.2) is 5.84 Å². The molecule has 2 aromatic rings. The number of carbonyl (C=O) groups excluding carboxylic acids is 1. The minimum Gasteiger partial charge on any atom is -0.505 e. The van der Waals surface area contributed by atoms with Gasteiger partial charge in [0.25, 0.3) is 16.8 Å². The number of anilines is 3. The SMILES string of the molecule is C[C@H](CC1CCCC1)N(N)c1c(Nc2cccc(C(=O)N(C)C)c2O)c(=O)c1=O. The van der Waals surface area contributed by atoms with Gasteiger partial charge < -0.3 is 20.3 Å². The topological polar surface area (TPSA) is 116 Å². The smallest absolute Gasteiger partial charge is 0.257 e. The first-order chi connectivity index (χ1) is 13.7. The molecule has 1 atom stereocenters. The lowest BCUT2D eigenvalue weighted by atomic mass is 9.98. The fourth-order valence-corrected chi connectivity index (χ4v) is 4.00. The van der Waals surface area contributed by atoms with Gasteiger partial charge >= 0.3 is 0 Å². The molecule has 29 heavy (non-hydrogen) atoms. The van der Waals surface area contributed by atoms with Gasteiger partial charge in [-0.2, -0.15) is 0 Å². The summed E-state index contributed by atoms with van der Waals surface area (Å²) in [5, 5.41) is 14.6. The zero-order valence-electron chi connectivity index (χ0n) is 17.1. The lowest BCUT2D eigenvalue weighted by Crippen LogP contribution is -2.49. The van der Waals surface area contributed by atoms with Gasteiger partial charge in [-0.1, -0.05) is 31.7 Å². The van der Waals surface area contributed by atoms with Crippen molar-refractivity contribution in [1.82, 2.24) is 4.90 Å². The van der Waals surface area contributed by atoms with Crippen LogP contribution >= 0.6 is 0 Å². The van der Waals surface area contributed by atoms with Crippen LogP contribution in [0.2, 0.25) is 0 Å². The Kier molecular flexibility index (Phi) is 5.93. The summed E-state index contributed by atoms with van der Waals surface area (Å²) >= 11 is 0. The average Bonchev–Trinajstić information content (AvgIpc) is 3.20. The van der Waals surface area contributed by atoms with Gasteiger partial charge in [0.2, 0.25) is 0 Å². The summed E-state index contributed by atoms with van der Waals surface area (Å²) in [6.45, 7) is 1.94. The summed E-state index contributed by atoms with van der Waals surface area (Å²) in [4.78, 5) is 37.9. The van der Waals surface area contributed by atoms with Crippen LogP contribution in [-0.2, 0) is 0 Å². The van der Waals surface area contributed by atoms with Crippen LogP contribution in [0.15, 0.2) is 27.8 Å². The highest BCUT2D eigenvalue weighted by atomic mass is 16.3. The van der Waals surface area contributed by atoms with Crippen LogP contribution in [0, 0.1) is 5.92 Å². The first kappa shape index (κ1) is 20.9. The van der Waals surface area contributed by atoms with Crippen molar-refractivity contribution < 1.29 is 9.90 Å². The van der Waals surface area contributed by atoms with E-state index in [-0.39, 0.29) is 40.3 Å². The summed E-state index contributed by atoms with van der Waals surface area (Å²) < 4.78 is 0. The molecule has 0 unspecified atom stereocenters. The second-order valence-corrected chi connectivity index (χ2v) is 8.05. The number of nitrogens with zero attached hydrogens (tertiary/aromatic N) is 2. The molecule has 1 amide bonds. The third-order valence-electron chi connectivity index (χ3n) is 5.70. The first-order valence-corrected chi connectivity index (χ1v) is 9.90. The number of hydrogen-bond acceptors (Lipinski definition) is 7. The van der Waals surface area contributed by atoms with Crippen LogP contribution in [0.4, 0.5) is 17.1 Å². The lowest BCUT2D eigenvalue weighted by molar-refractivity contribution is 0.0824. The van der Waals surface area contributed by atoms with Gasteiger partial charge in [0, 0.05) is 20.1 Å². The second kappa shape index (κ2) is 8.24. The number of rotatable bonds is 7. The van der Waals surface area contributed by atoms with Crippen molar-refractivity contribution in [3.63, 3.8) is 0 Å². The van der Waals surface area contributed by atoms with E-state index >= 15 is 0 Å². The van der Waals surface area contributed by atoms with E-state index in [9.17, 15) is 19.5 Å². The van der Waals surface area contributed by atoms with Crippen molar-refractivity contribution >= 4 is 23.0 Å². The zero-order valence-corrected chi connectivity index (χ0v) is 17.1. The average molecular weight is 400 g/mol. The number of nitrogens with one attached hydrogen (secondary N) is 1. The number of amides is 1. The highest BCUT2D eigenvalue weighted by Gasteiger charge is 2.30. The molecule has 0 bridgehead atoms. The Balaban J connectivity index is 1.84. The molecule has 3 rings (SSSR count). The van der Waals surface area contributed by atoms with E-state index < -0.39 is 10.9 Å². The number of phenols is 1. The summed E-state index contributed by atoms with van der Waals surface area (Å²) in [7, 11) is 3.16. The minimum atomic E-state index is -0.688. The molecule has 0 saturated heterocycles. The van der Waals surface area contributed by atoms with Gasteiger partial charge in [-0.05, 0) is 31.4 Å². The molecule has 1 saturated carbocycles. The molecule has 4 N–H and O–H groups in total. The largest absolute Gasteiger partial charge is 0.505 e. The maximum atomic E-state index is 12.2. The van der Waals surface area contributed by atoms with E-state index in [1.165, 1.54) is 34.9 Å². The summed E-state index contributed by atoms with van der Waals surface area (Å²) in [5.41, 5.74) is -0.910. The third-order valence-corrected chi connectivity index (χ3v) is 5.70. The van der Waals surface area contributed by atoms with Crippen molar-refractivity contribution in [1.29, 1.82) is 0 Å². The maximum absolute atomic E-state index is 12.2. The number of benzene rings is 1. The molecule has 0 heterocycles. The number of aromatic hydroxyl groups is 1. The number of hydrogen-bond donors (Lipinski definition) is 3. The zero-order chi connectivity index (χ0) is 21.3. The van der Waals surface area contributed by atoms with Crippen molar-refractivity contribution in [3.8, 4) is 5.75 Å². The van der Waals surface area contributed by atoms with E-state index in [0.717, 1.165) is 19.3 Å². The molecule has 8 nitrogen and oxygen atoms in total. The Morgan fingerprint density at radius 3 is 2.52 bits per heavy atom. The minimum absolute atomic E-state index is 0.0422. The van der Waals surface area contributed by atoms with Crippen LogP contribution in [0.25, 0.3) is 0 Å². The summed E-state index contributed by atoms with van der Waals surface area (Å²) in [5.74, 6) is 6.12. The second-order valence-electron chi connectivity index (χ2n) is 8.05. The van der Waals surface area contributed by atoms with Crippen LogP contribution < -0.4 is 27.0 Å². The number of nitrogens with two attached hydrogens (primary N) is 1. The van der Waals surface area contributed by atoms with E-state index in [0.29, 0.717) is 5.92 Å². The van der Waals surface area contributed by atoms with Crippen molar-refractivity contribution in [3.05, 3.63) is 44.2 Å². The lowest BCUT2D eigenvalue weighted by Gasteiger charge is -2.30. The quantitative estimate of drug-likeness (QED) is 0.282. The fraction of sp³-hybridized carbons (Fsp3) is 0.476. The molecular weight excluding hydrogens is 372 g/mol. The van der Waals surface area contributed by atoms with Crippen LogP contribution in [-0.4, -0.2) is 36.1 Å². The molecule has 0 aliphatic heterocycles. The Labute approximate surface area is 169 Å². The summed E-state index contributed by atoms with van der Waals surface area (Å²) in [6.07, 6.45) is 5.62. The standard InChI is InChI=1S/C21H28N4O4/c1-12(11-13-7-4-5-8-13)25(22)17-16(19(27)20(17)28)23-15-10-6-9-14(18(15)26)21(29)24(2)3/h6,9-10,12-13,23,26H,4-5,7-8,11,22H2,1-3H3/t12-/m1/s1. The van der Waals surface area contributed by atoms with E-state index in [1.807, 2.05) is 6.92 Å². The predicted octanol–water partition coefficient (Wildman–Crippen LogP) is 2.08. The molecule has 2 aromatic carbocycles. The number of carbonyl (C=O) groups is 1. The molecule has 1 aliphatic rings. The Hall–Kier alpha value is -2.87. The van der Waals surface area contributed by atoms with Gasteiger partial charge in [-0.15, -0.1) is 0 Å². The van der Waals surface area contributed by atoms with Crippen molar-refractivity contribution in [2.24, 2.45) is 11.8 Å². The van der Waals surface area contributed by atoms with Gasteiger partial charge in [0.05, 0.1) is 11.3 Å². The van der Waals surface area contributed by atoms with E-state index in [2.05, 4.69) is 5.32 Å². The van der Waals surface area contributed by atoms with E-state index in [4.69, 9.17) is 5.84 Å². The molecule has 1 fully saturated rings. The van der Waals surface area contributed by atoms with Gasteiger partial charge in [0.1, 0.15) is 11.4 Å².